The number of aromatic nitrogens is 2. The first-order chi connectivity index (χ1) is 7.20. The van der Waals surface area contributed by atoms with Gasteiger partial charge in [-0.1, -0.05) is 0 Å². The molecule has 1 aliphatic rings. The maximum absolute atomic E-state index is 10.8. The highest BCUT2D eigenvalue weighted by Gasteiger charge is 2.23. The molecule has 80 valence electrons. The van der Waals surface area contributed by atoms with E-state index in [2.05, 4.69) is 5.10 Å². The summed E-state index contributed by atoms with van der Waals surface area (Å²) in [5.74, 6) is -0.408. The van der Waals surface area contributed by atoms with Crippen LogP contribution in [-0.4, -0.2) is 33.4 Å². The molecule has 2 N–H and O–H groups in total. The molecule has 0 aromatic carbocycles. The molecule has 0 radical (unpaired) electrons. The molecule has 0 spiro atoms. The summed E-state index contributed by atoms with van der Waals surface area (Å²) in [5, 5.41) is 4.07. The fourth-order valence-corrected chi connectivity index (χ4v) is 1.79. The number of hydrogen-bond donors (Lipinski definition) is 1. The first kappa shape index (κ1) is 9.85. The predicted octanol–water partition coefficient (Wildman–Crippen LogP) is -1.12. The Kier molecular flexibility index (Phi) is 2.51. The Morgan fingerprint density at radius 2 is 2.40 bits per heavy atom. The smallest absolute Gasteiger partial charge is 0.239 e. The van der Waals surface area contributed by atoms with Gasteiger partial charge in [-0.15, -0.1) is 0 Å². The van der Waals surface area contributed by atoms with Crippen LogP contribution < -0.4 is 5.73 Å². The molecule has 1 amide bonds. The Balaban J connectivity index is 2.13. The number of nitrogens with zero attached hydrogens (tertiary/aromatic N) is 3. The molecule has 0 fully saturated rings. The number of nitrogens with two attached hydrogens (primary N) is 1. The second-order valence-electron chi connectivity index (χ2n) is 3.58. The maximum atomic E-state index is 10.8. The number of carbonyl (C=O) groups is 2. The SMILES string of the molecule is NC(=O)Cn1ncc2c1CN(CC=O)C2. The van der Waals surface area contributed by atoms with Crippen molar-refractivity contribution < 1.29 is 9.59 Å². The summed E-state index contributed by atoms with van der Waals surface area (Å²) >= 11 is 0. The zero-order chi connectivity index (χ0) is 10.8. The van der Waals surface area contributed by atoms with Crippen LogP contribution in [0, 0.1) is 0 Å². The van der Waals surface area contributed by atoms with Gasteiger partial charge in [-0.3, -0.25) is 14.4 Å². The molecule has 0 atom stereocenters. The van der Waals surface area contributed by atoms with Crippen LogP contribution in [0.15, 0.2) is 6.20 Å². The van der Waals surface area contributed by atoms with Crippen LogP contribution in [-0.2, 0) is 29.2 Å². The molecule has 0 bridgehead atoms. The van der Waals surface area contributed by atoms with E-state index in [0.29, 0.717) is 19.6 Å². The maximum Gasteiger partial charge on any atom is 0.239 e. The normalized spacial score (nSPS) is 15.2. The molecule has 0 unspecified atom stereocenters. The van der Waals surface area contributed by atoms with Crippen LogP contribution >= 0.6 is 0 Å². The van der Waals surface area contributed by atoms with Crippen molar-refractivity contribution in [1.29, 1.82) is 0 Å². The predicted molar refractivity (Wildman–Crippen MR) is 51.6 cm³/mol. The minimum absolute atomic E-state index is 0.101. The van der Waals surface area contributed by atoms with Gasteiger partial charge in [-0.2, -0.15) is 5.10 Å². The highest BCUT2D eigenvalue weighted by Crippen LogP contribution is 2.21. The summed E-state index contributed by atoms with van der Waals surface area (Å²) in [7, 11) is 0. The fourth-order valence-electron chi connectivity index (χ4n) is 1.79. The Morgan fingerprint density at radius 3 is 3.07 bits per heavy atom. The molecular formula is C9H12N4O2. The Morgan fingerprint density at radius 1 is 1.60 bits per heavy atom. The molecule has 6 nitrogen and oxygen atoms in total. The van der Waals surface area contributed by atoms with Gasteiger partial charge >= 0.3 is 0 Å². The zero-order valence-electron chi connectivity index (χ0n) is 8.22. The van der Waals surface area contributed by atoms with E-state index < -0.39 is 5.91 Å². The summed E-state index contributed by atoms with van der Waals surface area (Å²) in [4.78, 5) is 23.1. The first-order valence-corrected chi connectivity index (χ1v) is 4.68. The molecule has 0 saturated heterocycles. The lowest BCUT2D eigenvalue weighted by Crippen LogP contribution is -2.23. The lowest BCUT2D eigenvalue weighted by molar-refractivity contribution is -0.118. The Hall–Kier alpha value is -1.69. The van der Waals surface area contributed by atoms with E-state index in [9.17, 15) is 9.59 Å². The van der Waals surface area contributed by atoms with Crippen molar-refractivity contribution in [2.24, 2.45) is 5.73 Å². The summed E-state index contributed by atoms with van der Waals surface area (Å²) in [6, 6.07) is 0. The van der Waals surface area contributed by atoms with Gasteiger partial charge in [0, 0.05) is 18.7 Å². The molecule has 0 saturated carbocycles. The van der Waals surface area contributed by atoms with Gasteiger partial charge in [-0.25, -0.2) is 0 Å². The van der Waals surface area contributed by atoms with Gasteiger partial charge < -0.3 is 10.5 Å². The number of carbonyl (C=O) groups excluding carboxylic acids is 2. The fraction of sp³-hybridized carbons (Fsp3) is 0.444. The molecule has 2 rings (SSSR count). The van der Waals surface area contributed by atoms with Crippen LogP contribution in [0.1, 0.15) is 11.3 Å². The van der Waals surface area contributed by atoms with E-state index in [4.69, 9.17) is 5.73 Å². The topological polar surface area (TPSA) is 81.2 Å². The lowest BCUT2D eigenvalue weighted by Gasteiger charge is -2.10. The van der Waals surface area contributed by atoms with Crippen LogP contribution in [0.3, 0.4) is 0 Å². The summed E-state index contributed by atoms with van der Waals surface area (Å²) in [6.07, 6.45) is 2.60. The highest BCUT2D eigenvalue weighted by molar-refractivity contribution is 5.73. The zero-order valence-corrected chi connectivity index (χ0v) is 8.22. The van der Waals surface area contributed by atoms with Crippen LogP contribution in [0.4, 0.5) is 0 Å². The number of aldehydes is 1. The average Bonchev–Trinajstić information content (AvgIpc) is 2.68. The third kappa shape index (κ3) is 1.89. The van der Waals surface area contributed by atoms with Crippen molar-refractivity contribution >= 4 is 12.2 Å². The number of amides is 1. The molecule has 6 heteroatoms. The van der Waals surface area contributed by atoms with E-state index >= 15 is 0 Å². The first-order valence-electron chi connectivity index (χ1n) is 4.68. The second kappa shape index (κ2) is 3.82. The van der Waals surface area contributed by atoms with Gasteiger partial charge in [0.1, 0.15) is 12.8 Å². The van der Waals surface area contributed by atoms with Gasteiger partial charge in [-0.05, 0) is 0 Å². The third-order valence-corrected chi connectivity index (χ3v) is 2.44. The standard InChI is InChI=1S/C9H12N4O2/c10-9(15)6-13-8-5-12(1-2-14)4-7(8)3-11-13/h2-3H,1,4-6H2,(H2,10,15). The van der Waals surface area contributed by atoms with Crippen molar-refractivity contribution in [2.75, 3.05) is 6.54 Å². The van der Waals surface area contributed by atoms with E-state index in [0.717, 1.165) is 17.5 Å². The molecule has 1 aromatic heterocycles. The molecule has 2 heterocycles. The Bertz CT molecular complexity index is 399. The van der Waals surface area contributed by atoms with Crippen molar-refractivity contribution in [1.82, 2.24) is 14.7 Å². The van der Waals surface area contributed by atoms with Gasteiger partial charge in [0.2, 0.25) is 5.91 Å². The number of hydrogen-bond acceptors (Lipinski definition) is 4. The summed E-state index contributed by atoms with van der Waals surface area (Å²) in [5.41, 5.74) is 7.15. The minimum atomic E-state index is -0.408. The molecule has 0 aliphatic carbocycles. The molecule has 1 aromatic rings. The van der Waals surface area contributed by atoms with Crippen molar-refractivity contribution in [2.45, 2.75) is 19.6 Å². The molecule has 15 heavy (non-hydrogen) atoms. The van der Waals surface area contributed by atoms with Crippen molar-refractivity contribution in [3.8, 4) is 0 Å². The van der Waals surface area contributed by atoms with Gasteiger partial charge in [0.05, 0.1) is 18.4 Å². The Labute approximate surface area is 86.6 Å². The third-order valence-electron chi connectivity index (χ3n) is 2.44. The molecule has 1 aliphatic heterocycles. The van der Waals surface area contributed by atoms with E-state index in [1.807, 2.05) is 4.90 Å². The number of rotatable bonds is 4. The quantitative estimate of drug-likeness (QED) is 0.636. The lowest BCUT2D eigenvalue weighted by atomic mass is 10.3. The highest BCUT2D eigenvalue weighted by atomic mass is 16.1. The van der Waals surface area contributed by atoms with Gasteiger partial charge in [0.25, 0.3) is 0 Å². The van der Waals surface area contributed by atoms with Crippen LogP contribution in [0.5, 0.6) is 0 Å². The summed E-state index contributed by atoms with van der Waals surface area (Å²) in [6.45, 7) is 1.88. The second-order valence-corrected chi connectivity index (χ2v) is 3.58. The van der Waals surface area contributed by atoms with E-state index in [1.165, 1.54) is 0 Å². The van der Waals surface area contributed by atoms with Crippen LogP contribution in [0.2, 0.25) is 0 Å². The largest absolute Gasteiger partial charge is 0.368 e. The van der Waals surface area contributed by atoms with Crippen molar-refractivity contribution in [3.05, 3.63) is 17.5 Å². The van der Waals surface area contributed by atoms with Crippen molar-refractivity contribution in [3.63, 3.8) is 0 Å². The van der Waals surface area contributed by atoms with Gasteiger partial charge in [0.15, 0.2) is 0 Å². The molecular weight excluding hydrogens is 196 g/mol. The summed E-state index contributed by atoms with van der Waals surface area (Å²) < 4.78 is 1.60. The number of fused-ring (bicyclic) bond motifs is 1. The average molecular weight is 208 g/mol. The van der Waals surface area contributed by atoms with E-state index in [1.54, 1.807) is 10.9 Å². The monoisotopic (exact) mass is 208 g/mol. The minimum Gasteiger partial charge on any atom is -0.368 e. The number of primary amides is 1. The van der Waals surface area contributed by atoms with Crippen LogP contribution in [0.25, 0.3) is 0 Å². The van der Waals surface area contributed by atoms with E-state index in [-0.39, 0.29) is 6.54 Å².